The molecule has 0 saturated heterocycles. The number of hydrogen-bond acceptors (Lipinski definition) is 5. The minimum absolute atomic E-state index is 0.209. The molecule has 1 aromatic carbocycles. The van der Waals surface area contributed by atoms with Crippen molar-refractivity contribution in [1.29, 1.82) is 0 Å². The molecule has 1 amide bonds. The maximum atomic E-state index is 13.3. The molecule has 0 bridgehead atoms. The van der Waals surface area contributed by atoms with E-state index in [1.165, 1.54) is 32.5 Å². The van der Waals surface area contributed by atoms with Crippen LogP contribution in [0.15, 0.2) is 41.0 Å². The van der Waals surface area contributed by atoms with Crippen LogP contribution in [0.5, 0.6) is 5.75 Å². The SMILES string of the molecule is COC(CNC(=O)c1ccc(COc2cc(F)cc(Br)c2)cn1)OC. The summed E-state index contributed by atoms with van der Waals surface area (Å²) in [6.45, 7) is 0.424. The number of amides is 1. The van der Waals surface area contributed by atoms with E-state index in [9.17, 15) is 9.18 Å². The van der Waals surface area contributed by atoms with Gasteiger partial charge in [0.05, 0.1) is 6.54 Å². The standard InChI is InChI=1S/C17H18BrFN2O4/c1-23-16(24-2)9-21-17(22)15-4-3-11(8-20-15)10-25-14-6-12(18)5-13(19)7-14/h3-8,16H,9-10H2,1-2H3,(H,21,22). The first-order valence-corrected chi connectivity index (χ1v) is 8.18. The molecule has 1 N–H and O–H groups in total. The second kappa shape index (κ2) is 9.45. The number of benzene rings is 1. The van der Waals surface area contributed by atoms with E-state index in [-0.39, 0.29) is 30.6 Å². The van der Waals surface area contributed by atoms with Crippen molar-refractivity contribution in [2.75, 3.05) is 20.8 Å². The zero-order chi connectivity index (χ0) is 18.2. The van der Waals surface area contributed by atoms with Gasteiger partial charge in [0.1, 0.15) is 23.9 Å². The average Bonchev–Trinajstić information content (AvgIpc) is 2.60. The van der Waals surface area contributed by atoms with Gasteiger partial charge >= 0.3 is 0 Å². The Balaban J connectivity index is 1.89. The molecule has 0 atom stereocenters. The van der Waals surface area contributed by atoms with Crippen LogP contribution in [-0.2, 0) is 16.1 Å². The lowest BCUT2D eigenvalue weighted by atomic mass is 10.2. The highest BCUT2D eigenvalue weighted by Crippen LogP contribution is 2.21. The molecule has 6 nitrogen and oxygen atoms in total. The van der Waals surface area contributed by atoms with Gasteiger partial charge in [-0.2, -0.15) is 0 Å². The Morgan fingerprint density at radius 2 is 2.04 bits per heavy atom. The fraction of sp³-hybridized carbons (Fsp3) is 0.294. The van der Waals surface area contributed by atoms with E-state index >= 15 is 0 Å². The lowest BCUT2D eigenvalue weighted by Gasteiger charge is -2.13. The molecule has 0 fully saturated rings. The van der Waals surface area contributed by atoms with Crippen molar-refractivity contribution >= 4 is 21.8 Å². The number of ether oxygens (including phenoxy) is 3. The molecule has 0 aliphatic heterocycles. The predicted octanol–water partition coefficient (Wildman–Crippen LogP) is 2.91. The normalized spacial score (nSPS) is 10.8. The quantitative estimate of drug-likeness (QED) is 0.675. The third-order valence-electron chi connectivity index (χ3n) is 3.25. The molecule has 0 unspecified atom stereocenters. The molecular formula is C17H18BrFN2O4. The van der Waals surface area contributed by atoms with E-state index in [1.54, 1.807) is 18.2 Å². The van der Waals surface area contributed by atoms with E-state index in [0.29, 0.717) is 10.2 Å². The van der Waals surface area contributed by atoms with Crippen LogP contribution in [-0.4, -0.2) is 37.9 Å². The summed E-state index contributed by atoms with van der Waals surface area (Å²) in [7, 11) is 2.98. The van der Waals surface area contributed by atoms with Crippen molar-refractivity contribution in [3.8, 4) is 5.75 Å². The lowest BCUT2D eigenvalue weighted by molar-refractivity contribution is -0.0974. The summed E-state index contributed by atoms with van der Waals surface area (Å²) in [4.78, 5) is 16.1. The van der Waals surface area contributed by atoms with Gasteiger partial charge in [-0.05, 0) is 18.2 Å². The number of nitrogens with one attached hydrogen (secondary N) is 1. The second-order valence-corrected chi connectivity index (χ2v) is 5.97. The fourth-order valence-electron chi connectivity index (χ4n) is 1.95. The number of carbonyl (C=O) groups excluding carboxylic acids is 1. The minimum Gasteiger partial charge on any atom is -0.489 e. The summed E-state index contributed by atoms with van der Waals surface area (Å²) in [5, 5.41) is 2.66. The van der Waals surface area contributed by atoms with Gasteiger partial charge in [-0.1, -0.05) is 22.0 Å². The van der Waals surface area contributed by atoms with E-state index in [0.717, 1.165) is 5.56 Å². The molecule has 0 saturated carbocycles. The summed E-state index contributed by atoms with van der Waals surface area (Å²) in [6, 6.07) is 7.62. The van der Waals surface area contributed by atoms with Crippen LogP contribution in [0, 0.1) is 5.82 Å². The molecule has 134 valence electrons. The van der Waals surface area contributed by atoms with Crippen molar-refractivity contribution in [3.05, 3.63) is 58.1 Å². The lowest BCUT2D eigenvalue weighted by Crippen LogP contribution is -2.34. The average molecular weight is 413 g/mol. The third-order valence-corrected chi connectivity index (χ3v) is 3.71. The van der Waals surface area contributed by atoms with E-state index in [4.69, 9.17) is 14.2 Å². The maximum Gasteiger partial charge on any atom is 0.270 e. The summed E-state index contributed by atoms with van der Waals surface area (Å²) in [5.41, 5.74) is 1.02. The van der Waals surface area contributed by atoms with Gasteiger partial charge in [0.25, 0.3) is 5.91 Å². The van der Waals surface area contributed by atoms with Crippen molar-refractivity contribution in [2.45, 2.75) is 12.9 Å². The molecule has 25 heavy (non-hydrogen) atoms. The van der Waals surface area contributed by atoms with E-state index in [2.05, 4.69) is 26.2 Å². The predicted molar refractivity (Wildman–Crippen MR) is 92.8 cm³/mol. The molecule has 0 aliphatic rings. The summed E-state index contributed by atoms with van der Waals surface area (Å²) >= 11 is 3.21. The van der Waals surface area contributed by atoms with Gasteiger partial charge in [-0.15, -0.1) is 0 Å². The molecule has 1 aromatic heterocycles. The minimum atomic E-state index is -0.512. The van der Waals surface area contributed by atoms with Crippen molar-refractivity contribution in [2.24, 2.45) is 0 Å². The number of nitrogens with zero attached hydrogens (tertiary/aromatic N) is 1. The van der Waals surface area contributed by atoms with Gasteiger partial charge in [-0.3, -0.25) is 9.78 Å². The van der Waals surface area contributed by atoms with E-state index < -0.39 is 6.29 Å². The van der Waals surface area contributed by atoms with Gasteiger partial charge in [0, 0.05) is 36.5 Å². The number of rotatable bonds is 8. The first kappa shape index (κ1) is 19.3. The second-order valence-electron chi connectivity index (χ2n) is 5.06. The Morgan fingerprint density at radius 3 is 2.64 bits per heavy atom. The molecule has 0 radical (unpaired) electrons. The number of hydrogen-bond donors (Lipinski definition) is 1. The molecule has 0 spiro atoms. The van der Waals surface area contributed by atoms with Gasteiger partial charge in [-0.25, -0.2) is 4.39 Å². The van der Waals surface area contributed by atoms with Gasteiger partial charge in [0.15, 0.2) is 6.29 Å². The summed E-state index contributed by atoms with van der Waals surface area (Å²) in [6.07, 6.45) is 1.02. The highest BCUT2D eigenvalue weighted by Gasteiger charge is 2.11. The summed E-state index contributed by atoms with van der Waals surface area (Å²) < 4.78 is 29.4. The van der Waals surface area contributed by atoms with Crippen LogP contribution in [0.25, 0.3) is 0 Å². The van der Waals surface area contributed by atoms with Crippen LogP contribution < -0.4 is 10.1 Å². The monoisotopic (exact) mass is 412 g/mol. The van der Waals surface area contributed by atoms with Gasteiger partial charge < -0.3 is 19.5 Å². The number of carbonyl (C=O) groups is 1. The molecule has 1 heterocycles. The topological polar surface area (TPSA) is 69.7 Å². The first-order valence-electron chi connectivity index (χ1n) is 7.39. The number of methoxy groups -OCH3 is 2. The van der Waals surface area contributed by atoms with Crippen LogP contribution in [0.3, 0.4) is 0 Å². The molecule has 2 aromatic rings. The van der Waals surface area contributed by atoms with Crippen LogP contribution in [0.2, 0.25) is 0 Å². The van der Waals surface area contributed by atoms with Crippen molar-refractivity contribution < 1.29 is 23.4 Å². The van der Waals surface area contributed by atoms with Crippen LogP contribution in [0.4, 0.5) is 4.39 Å². The summed E-state index contributed by atoms with van der Waals surface area (Å²) in [5.74, 6) is -0.320. The van der Waals surface area contributed by atoms with Crippen LogP contribution in [0.1, 0.15) is 16.1 Å². The Kier molecular flexibility index (Phi) is 7.30. The van der Waals surface area contributed by atoms with Crippen LogP contribution >= 0.6 is 15.9 Å². The zero-order valence-corrected chi connectivity index (χ0v) is 15.4. The Morgan fingerprint density at radius 1 is 1.28 bits per heavy atom. The zero-order valence-electron chi connectivity index (χ0n) is 13.8. The number of pyridine rings is 1. The highest BCUT2D eigenvalue weighted by atomic mass is 79.9. The van der Waals surface area contributed by atoms with Crippen molar-refractivity contribution in [3.63, 3.8) is 0 Å². The number of halogens is 2. The largest absolute Gasteiger partial charge is 0.489 e. The Bertz CT molecular complexity index is 688. The fourth-order valence-corrected chi connectivity index (χ4v) is 2.40. The third kappa shape index (κ3) is 6.08. The molecule has 2 rings (SSSR count). The maximum absolute atomic E-state index is 13.3. The van der Waals surface area contributed by atoms with E-state index in [1.807, 2.05) is 0 Å². The van der Waals surface area contributed by atoms with Crippen molar-refractivity contribution in [1.82, 2.24) is 10.3 Å². The molecular weight excluding hydrogens is 395 g/mol. The Hall–Kier alpha value is -2.03. The first-order chi connectivity index (χ1) is 12.0. The molecule has 8 heteroatoms. The van der Waals surface area contributed by atoms with Gasteiger partial charge in [0.2, 0.25) is 0 Å². The molecule has 0 aliphatic carbocycles. The highest BCUT2D eigenvalue weighted by molar-refractivity contribution is 9.10. The number of aromatic nitrogens is 1. The Labute approximate surface area is 153 Å². The smallest absolute Gasteiger partial charge is 0.270 e.